The van der Waals surface area contributed by atoms with Crippen molar-refractivity contribution in [3.8, 4) is 0 Å². The van der Waals surface area contributed by atoms with Crippen molar-refractivity contribution in [1.29, 1.82) is 0 Å². The molecule has 0 aliphatic heterocycles. The molecule has 0 amide bonds. The highest BCUT2D eigenvalue weighted by atomic mass is 16.5. The van der Waals surface area contributed by atoms with Crippen LogP contribution in [-0.2, 0) is 14.3 Å². The summed E-state index contributed by atoms with van der Waals surface area (Å²) in [6.45, 7) is 0. The highest BCUT2D eigenvalue weighted by Gasteiger charge is 2.36. The van der Waals surface area contributed by atoms with E-state index in [0.717, 1.165) is 0 Å². The molecule has 0 aromatic carbocycles. The number of carboxylic acid groups (broad SMARTS) is 2. The van der Waals surface area contributed by atoms with E-state index in [9.17, 15) is 9.59 Å². The van der Waals surface area contributed by atoms with Gasteiger partial charge in [0.2, 0.25) is 0 Å². The van der Waals surface area contributed by atoms with Crippen molar-refractivity contribution in [3.63, 3.8) is 0 Å². The predicted octanol–water partition coefficient (Wildman–Crippen LogP) is 0.507. The monoisotopic (exact) mass is 200 g/mol. The Morgan fingerprint density at radius 1 is 1.50 bits per heavy atom. The SMILES string of the molecule is CO[C@@H]1C(C(=O)O)=CCCC1C(=O)O. The zero-order valence-electron chi connectivity index (χ0n) is 7.77. The third-order valence-corrected chi connectivity index (χ3v) is 2.33. The molecule has 78 valence electrons. The lowest BCUT2D eigenvalue weighted by atomic mass is 9.86. The summed E-state index contributed by atoms with van der Waals surface area (Å²) in [6.07, 6.45) is 1.58. The lowest BCUT2D eigenvalue weighted by molar-refractivity contribution is -0.147. The zero-order valence-corrected chi connectivity index (χ0v) is 7.77. The first-order valence-electron chi connectivity index (χ1n) is 4.27. The number of hydrogen-bond donors (Lipinski definition) is 2. The summed E-state index contributed by atoms with van der Waals surface area (Å²) < 4.78 is 4.91. The van der Waals surface area contributed by atoms with Crippen molar-refractivity contribution < 1.29 is 24.5 Å². The predicted molar refractivity (Wildman–Crippen MR) is 46.9 cm³/mol. The van der Waals surface area contributed by atoms with Gasteiger partial charge in [-0.1, -0.05) is 6.08 Å². The van der Waals surface area contributed by atoms with E-state index in [1.165, 1.54) is 13.2 Å². The Labute approximate surface area is 81.0 Å². The first kappa shape index (κ1) is 10.7. The van der Waals surface area contributed by atoms with Gasteiger partial charge in [0.05, 0.1) is 11.5 Å². The second-order valence-corrected chi connectivity index (χ2v) is 3.14. The number of ether oxygens (including phenoxy) is 1. The minimum absolute atomic E-state index is 0.0474. The van der Waals surface area contributed by atoms with Crippen LogP contribution >= 0.6 is 0 Å². The second-order valence-electron chi connectivity index (χ2n) is 3.14. The Morgan fingerprint density at radius 2 is 2.14 bits per heavy atom. The lowest BCUT2D eigenvalue weighted by Gasteiger charge is -2.26. The summed E-state index contributed by atoms with van der Waals surface area (Å²) in [4.78, 5) is 21.5. The number of carbonyl (C=O) groups is 2. The molecule has 1 aliphatic rings. The van der Waals surface area contributed by atoms with Crippen molar-refractivity contribution in [3.05, 3.63) is 11.6 Å². The van der Waals surface area contributed by atoms with Crippen molar-refractivity contribution >= 4 is 11.9 Å². The second kappa shape index (κ2) is 4.23. The van der Waals surface area contributed by atoms with Gasteiger partial charge in [-0.25, -0.2) is 4.79 Å². The zero-order chi connectivity index (χ0) is 10.7. The number of allylic oxidation sites excluding steroid dienone is 1. The summed E-state index contributed by atoms with van der Waals surface area (Å²) >= 11 is 0. The summed E-state index contributed by atoms with van der Waals surface area (Å²) in [5.41, 5.74) is 0.0474. The van der Waals surface area contributed by atoms with Crippen LogP contribution in [0.1, 0.15) is 12.8 Å². The number of methoxy groups -OCH3 is 1. The van der Waals surface area contributed by atoms with Gasteiger partial charge in [-0.15, -0.1) is 0 Å². The smallest absolute Gasteiger partial charge is 0.333 e. The quantitative estimate of drug-likeness (QED) is 0.693. The Balaban J connectivity index is 2.92. The highest BCUT2D eigenvalue weighted by molar-refractivity contribution is 5.89. The van der Waals surface area contributed by atoms with Gasteiger partial charge in [0.15, 0.2) is 0 Å². The van der Waals surface area contributed by atoms with Gasteiger partial charge in [0.25, 0.3) is 0 Å². The van der Waals surface area contributed by atoms with Crippen LogP contribution in [0.3, 0.4) is 0 Å². The van der Waals surface area contributed by atoms with E-state index >= 15 is 0 Å². The van der Waals surface area contributed by atoms with E-state index in [1.54, 1.807) is 0 Å². The van der Waals surface area contributed by atoms with Crippen molar-refractivity contribution in [1.82, 2.24) is 0 Å². The number of hydrogen-bond acceptors (Lipinski definition) is 3. The lowest BCUT2D eigenvalue weighted by Crippen LogP contribution is -2.36. The van der Waals surface area contributed by atoms with Crippen LogP contribution in [0.2, 0.25) is 0 Å². The molecule has 0 aromatic heterocycles. The van der Waals surface area contributed by atoms with E-state index in [-0.39, 0.29) is 5.57 Å². The number of aliphatic carboxylic acids is 2. The average molecular weight is 200 g/mol. The molecule has 5 heteroatoms. The average Bonchev–Trinajstić information content (AvgIpc) is 2.16. The van der Waals surface area contributed by atoms with E-state index in [1.807, 2.05) is 0 Å². The molecule has 0 bridgehead atoms. The van der Waals surface area contributed by atoms with E-state index < -0.39 is 24.0 Å². The molecule has 14 heavy (non-hydrogen) atoms. The maximum Gasteiger partial charge on any atom is 0.333 e. The van der Waals surface area contributed by atoms with Crippen molar-refractivity contribution in [2.75, 3.05) is 7.11 Å². The minimum atomic E-state index is -1.11. The van der Waals surface area contributed by atoms with Crippen LogP contribution in [0, 0.1) is 5.92 Å². The molecule has 1 unspecified atom stereocenters. The van der Waals surface area contributed by atoms with Crippen LogP contribution in [0.4, 0.5) is 0 Å². The van der Waals surface area contributed by atoms with Gasteiger partial charge >= 0.3 is 11.9 Å². The Kier molecular flexibility index (Phi) is 3.24. The van der Waals surface area contributed by atoms with Gasteiger partial charge in [-0.2, -0.15) is 0 Å². The fourth-order valence-electron chi connectivity index (χ4n) is 1.66. The molecule has 0 saturated carbocycles. The Hall–Kier alpha value is -1.36. The van der Waals surface area contributed by atoms with Gasteiger partial charge in [0.1, 0.15) is 6.10 Å². The molecule has 0 aromatic rings. The van der Waals surface area contributed by atoms with E-state index in [2.05, 4.69) is 0 Å². The maximum absolute atomic E-state index is 10.8. The van der Waals surface area contributed by atoms with Crippen LogP contribution in [0.15, 0.2) is 11.6 Å². The molecule has 0 radical (unpaired) electrons. The molecule has 2 N–H and O–H groups in total. The minimum Gasteiger partial charge on any atom is -0.481 e. The largest absolute Gasteiger partial charge is 0.481 e. The van der Waals surface area contributed by atoms with Crippen LogP contribution in [0.25, 0.3) is 0 Å². The molecular formula is C9H12O5. The molecule has 0 spiro atoms. The highest BCUT2D eigenvalue weighted by Crippen LogP contribution is 2.27. The molecule has 2 atom stereocenters. The van der Waals surface area contributed by atoms with E-state index in [4.69, 9.17) is 14.9 Å². The summed E-state index contributed by atoms with van der Waals surface area (Å²) in [5.74, 6) is -2.87. The van der Waals surface area contributed by atoms with E-state index in [0.29, 0.717) is 12.8 Å². The molecular weight excluding hydrogens is 188 g/mol. The van der Waals surface area contributed by atoms with Gasteiger partial charge in [0, 0.05) is 7.11 Å². The third kappa shape index (κ3) is 1.93. The number of rotatable bonds is 3. The molecule has 0 fully saturated rings. The van der Waals surface area contributed by atoms with Gasteiger partial charge in [-0.3, -0.25) is 4.79 Å². The molecule has 5 nitrogen and oxygen atoms in total. The summed E-state index contributed by atoms with van der Waals surface area (Å²) in [5, 5.41) is 17.6. The molecule has 1 rings (SSSR count). The third-order valence-electron chi connectivity index (χ3n) is 2.33. The van der Waals surface area contributed by atoms with Crippen LogP contribution < -0.4 is 0 Å². The van der Waals surface area contributed by atoms with Crippen LogP contribution in [-0.4, -0.2) is 35.4 Å². The Morgan fingerprint density at radius 3 is 2.57 bits per heavy atom. The topological polar surface area (TPSA) is 83.8 Å². The number of carboxylic acids is 2. The summed E-state index contributed by atoms with van der Waals surface area (Å²) in [6, 6.07) is 0. The van der Waals surface area contributed by atoms with Gasteiger partial charge in [-0.05, 0) is 12.8 Å². The van der Waals surface area contributed by atoms with Crippen molar-refractivity contribution in [2.45, 2.75) is 18.9 Å². The molecule has 0 heterocycles. The Bertz CT molecular complexity index is 281. The van der Waals surface area contributed by atoms with Crippen LogP contribution in [0.5, 0.6) is 0 Å². The van der Waals surface area contributed by atoms with Crippen molar-refractivity contribution in [2.24, 2.45) is 5.92 Å². The fraction of sp³-hybridized carbons (Fsp3) is 0.556. The summed E-state index contributed by atoms with van der Waals surface area (Å²) in [7, 11) is 1.32. The molecule has 0 saturated heterocycles. The maximum atomic E-state index is 10.8. The van der Waals surface area contributed by atoms with Gasteiger partial charge < -0.3 is 14.9 Å². The standard InChI is InChI=1S/C9H12O5/c1-14-7-5(8(10)11)3-2-4-6(7)9(12)13/h3,6-7H,2,4H2,1H3,(H,10,11)(H,12,13)/t6?,7-/m1/s1. The first-order chi connectivity index (χ1) is 6.57. The first-order valence-corrected chi connectivity index (χ1v) is 4.27. The normalized spacial score (nSPS) is 26.8. The fourth-order valence-corrected chi connectivity index (χ4v) is 1.66. The molecule has 1 aliphatic carbocycles.